The number of carbonyl (C=O) groups is 1. The molecule has 0 radical (unpaired) electrons. The number of hydrogen-bond acceptors (Lipinski definition) is 5. The number of amides is 1. The second-order valence-corrected chi connectivity index (χ2v) is 15.3. The highest BCUT2D eigenvalue weighted by Gasteiger charge is 2.20. The molecular weight excluding hydrogens is 607 g/mol. The average Bonchev–Trinajstić information content (AvgIpc) is 3.03. The minimum Gasteiger partial charge on any atom is -0.744 e. The quantitative estimate of drug-likeness (QED) is 0.0480. The van der Waals surface area contributed by atoms with Gasteiger partial charge in [-0.1, -0.05) is 133 Å². The Balaban J connectivity index is 0.000000841. The number of aryl methyl sites for hydroxylation is 1. The topological polar surface area (TPSA) is 80.8 Å². The Morgan fingerprint density at radius 2 is 1.09 bits per heavy atom. The first-order valence-corrected chi connectivity index (χ1v) is 19.7. The van der Waals surface area contributed by atoms with Crippen molar-refractivity contribution in [3.05, 3.63) is 65.7 Å². The van der Waals surface area contributed by atoms with Crippen LogP contribution in [0.3, 0.4) is 0 Å². The molecule has 0 spiro atoms. The molecule has 0 aliphatic carbocycles. The first kappa shape index (κ1) is 42.8. The summed E-state index contributed by atoms with van der Waals surface area (Å²) in [5.41, 5.74) is 1.69. The zero-order valence-corrected chi connectivity index (χ0v) is 31.5. The number of carbonyl (C=O) groups excluding carboxylic acids is 1. The van der Waals surface area contributed by atoms with Crippen molar-refractivity contribution in [2.45, 2.75) is 128 Å². The molecule has 268 valence electrons. The molecule has 2 rings (SSSR count). The Morgan fingerprint density at radius 1 is 0.660 bits per heavy atom. The lowest BCUT2D eigenvalue weighted by atomic mass is 10.0. The van der Waals surface area contributed by atoms with E-state index < -0.39 is 10.1 Å². The zero-order valence-electron chi connectivity index (χ0n) is 30.7. The highest BCUT2D eigenvalue weighted by Crippen LogP contribution is 2.15. The highest BCUT2D eigenvalue weighted by molar-refractivity contribution is 7.85. The maximum atomic E-state index is 12.9. The van der Waals surface area contributed by atoms with Gasteiger partial charge in [-0.15, -0.1) is 0 Å². The monoisotopic (exact) mass is 673 g/mol. The van der Waals surface area contributed by atoms with Gasteiger partial charge in [-0.05, 0) is 44.0 Å². The van der Waals surface area contributed by atoms with E-state index in [4.69, 9.17) is 0 Å². The lowest BCUT2D eigenvalue weighted by Gasteiger charge is -2.33. The normalized spacial score (nSPS) is 11.7. The Bertz CT molecular complexity index is 1170. The second kappa shape index (κ2) is 24.8. The van der Waals surface area contributed by atoms with Crippen LogP contribution in [0.25, 0.3) is 0 Å². The Hall–Kier alpha value is -2.26. The fraction of sp³-hybridized carbons (Fsp3) is 0.667. The molecule has 0 N–H and O–H groups in total. The SMILES string of the molecule is CCCCCCCCCCCCCCCCCC[N+](C)(C)CCCN(C(=O)c1ccccc1)N(C)C.Cc1ccc(S(=O)(=O)[O-])cc1. The van der Waals surface area contributed by atoms with Crippen LogP contribution in [0.1, 0.15) is 132 Å². The van der Waals surface area contributed by atoms with Gasteiger partial charge in [0.1, 0.15) is 10.1 Å². The number of hydrazine groups is 1. The van der Waals surface area contributed by atoms with Crippen LogP contribution in [0, 0.1) is 6.92 Å². The molecule has 7 nitrogen and oxygen atoms in total. The fourth-order valence-corrected chi connectivity index (χ4v) is 6.24. The Morgan fingerprint density at radius 3 is 1.51 bits per heavy atom. The number of quaternary nitrogens is 1. The van der Waals surface area contributed by atoms with Crippen LogP contribution < -0.4 is 0 Å². The van der Waals surface area contributed by atoms with Crippen LogP contribution in [0.5, 0.6) is 0 Å². The van der Waals surface area contributed by atoms with E-state index in [0.717, 1.165) is 35.1 Å². The molecule has 2 aromatic rings. The van der Waals surface area contributed by atoms with Gasteiger partial charge in [0.15, 0.2) is 0 Å². The van der Waals surface area contributed by atoms with Crippen molar-refractivity contribution in [1.82, 2.24) is 10.0 Å². The van der Waals surface area contributed by atoms with Gasteiger partial charge in [0.25, 0.3) is 5.91 Å². The molecule has 8 heteroatoms. The summed E-state index contributed by atoms with van der Waals surface area (Å²) in [6, 6.07) is 15.4. The van der Waals surface area contributed by atoms with Gasteiger partial charge < -0.3 is 9.04 Å². The third-order valence-electron chi connectivity index (χ3n) is 8.80. The molecule has 0 saturated carbocycles. The molecule has 0 atom stereocenters. The Kier molecular flexibility index (Phi) is 22.6. The van der Waals surface area contributed by atoms with E-state index in [1.807, 2.05) is 61.4 Å². The third-order valence-corrected chi connectivity index (χ3v) is 9.65. The summed E-state index contributed by atoms with van der Waals surface area (Å²) in [5, 5.41) is 3.79. The first-order valence-electron chi connectivity index (χ1n) is 18.3. The van der Waals surface area contributed by atoms with Gasteiger partial charge in [-0.25, -0.2) is 13.4 Å². The number of nitrogens with zero attached hydrogens (tertiary/aromatic N) is 3. The number of benzene rings is 2. The summed E-state index contributed by atoms with van der Waals surface area (Å²) in [6.07, 6.45) is 23.7. The maximum absolute atomic E-state index is 12.9. The number of unbranched alkanes of at least 4 members (excludes halogenated alkanes) is 15. The lowest BCUT2D eigenvalue weighted by molar-refractivity contribution is -0.890. The van der Waals surface area contributed by atoms with Crippen molar-refractivity contribution in [3.8, 4) is 0 Å². The van der Waals surface area contributed by atoms with Crippen molar-refractivity contribution in [1.29, 1.82) is 0 Å². The van der Waals surface area contributed by atoms with Gasteiger partial charge in [0.05, 0.1) is 32.1 Å². The lowest BCUT2D eigenvalue weighted by Crippen LogP contribution is -2.46. The average molecular weight is 674 g/mol. The predicted molar refractivity (Wildman–Crippen MR) is 196 cm³/mol. The van der Waals surface area contributed by atoms with E-state index >= 15 is 0 Å². The van der Waals surface area contributed by atoms with Gasteiger partial charge in [-0.2, -0.15) is 0 Å². The van der Waals surface area contributed by atoms with Crippen molar-refractivity contribution in [2.75, 3.05) is 47.8 Å². The van der Waals surface area contributed by atoms with Crippen LogP contribution in [-0.4, -0.2) is 81.2 Å². The smallest absolute Gasteiger partial charge is 0.268 e. The van der Waals surface area contributed by atoms with Crippen LogP contribution in [-0.2, 0) is 10.1 Å². The number of hydrogen-bond donors (Lipinski definition) is 0. The van der Waals surface area contributed by atoms with E-state index in [1.54, 1.807) is 12.1 Å². The maximum Gasteiger partial charge on any atom is 0.268 e. The van der Waals surface area contributed by atoms with Gasteiger partial charge >= 0.3 is 0 Å². The van der Waals surface area contributed by atoms with Crippen LogP contribution in [0.4, 0.5) is 0 Å². The fourth-order valence-electron chi connectivity index (χ4n) is 5.77. The van der Waals surface area contributed by atoms with Crippen molar-refractivity contribution in [3.63, 3.8) is 0 Å². The molecule has 0 fully saturated rings. The zero-order chi connectivity index (χ0) is 35.0. The van der Waals surface area contributed by atoms with Crippen molar-refractivity contribution >= 4 is 16.0 Å². The first-order chi connectivity index (χ1) is 22.4. The summed E-state index contributed by atoms with van der Waals surface area (Å²) in [7, 11) is 4.32. The van der Waals surface area contributed by atoms with Gasteiger partial charge in [-0.3, -0.25) is 9.80 Å². The summed E-state index contributed by atoms with van der Waals surface area (Å²) >= 11 is 0. The summed E-state index contributed by atoms with van der Waals surface area (Å²) in [6.45, 7) is 7.21. The van der Waals surface area contributed by atoms with E-state index in [9.17, 15) is 17.8 Å². The van der Waals surface area contributed by atoms with Crippen LogP contribution in [0.15, 0.2) is 59.5 Å². The minimum absolute atomic E-state index is 0.0868. The minimum atomic E-state index is -4.27. The molecule has 0 aliphatic heterocycles. The standard InChI is InChI=1S/C32H60N3O.C7H8O3S/c1-6-7-8-9-10-11-12-13-14-15-16-17-18-19-20-24-29-35(4,5)30-25-28-34(33(2)3)32(36)31-26-22-21-23-27-31;1-6-2-4-7(5-3-6)11(8,9)10/h21-23,26-27H,6-20,24-25,28-30H2,1-5H3;2-5H,1H3,(H,8,9,10)/q+1;/p-1. The summed E-state index contributed by atoms with van der Waals surface area (Å²) in [4.78, 5) is 12.7. The van der Waals surface area contributed by atoms with Gasteiger partial charge in [0, 0.05) is 32.6 Å². The molecule has 0 aromatic heterocycles. The van der Waals surface area contributed by atoms with Gasteiger partial charge in [0.2, 0.25) is 0 Å². The molecule has 0 aliphatic rings. The molecule has 2 aromatic carbocycles. The third kappa shape index (κ3) is 21.4. The highest BCUT2D eigenvalue weighted by atomic mass is 32.2. The molecule has 1 amide bonds. The second-order valence-electron chi connectivity index (χ2n) is 13.9. The van der Waals surface area contributed by atoms with Crippen molar-refractivity contribution < 1.29 is 22.2 Å². The molecule has 47 heavy (non-hydrogen) atoms. The van der Waals surface area contributed by atoms with E-state index in [0.29, 0.717) is 0 Å². The summed E-state index contributed by atoms with van der Waals surface area (Å²) in [5.74, 6) is 0.0868. The summed E-state index contributed by atoms with van der Waals surface area (Å²) < 4.78 is 32.2. The van der Waals surface area contributed by atoms with Crippen LogP contribution in [0.2, 0.25) is 0 Å². The van der Waals surface area contributed by atoms with Crippen LogP contribution >= 0.6 is 0 Å². The molecular formula is C39H67N3O4S. The molecule has 0 bridgehead atoms. The van der Waals surface area contributed by atoms with E-state index in [-0.39, 0.29) is 10.8 Å². The number of rotatable bonds is 24. The molecule has 0 unspecified atom stereocenters. The van der Waals surface area contributed by atoms with Crippen molar-refractivity contribution in [2.24, 2.45) is 0 Å². The largest absolute Gasteiger partial charge is 0.744 e. The predicted octanol–water partition coefficient (Wildman–Crippen LogP) is 9.23. The molecule has 0 saturated heterocycles. The van der Waals surface area contributed by atoms with E-state index in [2.05, 4.69) is 21.0 Å². The Labute approximate surface area is 289 Å². The molecule has 0 heterocycles. The van der Waals surface area contributed by atoms with E-state index in [1.165, 1.54) is 121 Å².